The molecule has 6 heteroatoms. The number of rotatable bonds is 1. The number of hydrogen-bond acceptors (Lipinski definition) is 2. The summed E-state index contributed by atoms with van der Waals surface area (Å²) in [6.45, 7) is 0. The van der Waals surface area contributed by atoms with Crippen LogP contribution in [-0.2, 0) is 11.7 Å². The van der Waals surface area contributed by atoms with Gasteiger partial charge >= 0.3 is 6.18 Å². The van der Waals surface area contributed by atoms with Crippen LogP contribution in [-0.4, -0.2) is 5.91 Å². The van der Waals surface area contributed by atoms with Crippen molar-refractivity contribution in [1.82, 2.24) is 0 Å². The molecule has 3 aromatic rings. The molecule has 142 valence electrons. The Morgan fingerprint density at radius 2 is 1.59 bits per heavy atom. The number of nitrogens with zero attached hydrogens (tertiary/aromatic N) is 2. The molecule has 2 aliphatic rings. The Bertz CT molecular complexity index is 1190. The lowest BCUT2D eigenvalue weighted by atomic mass is 9.73. The van der Waals surface area contributed by atoms with Crippen LogP contribution in [0.1, 0.15) is 38.5 Å². The van der Waals surface area contributed by atoms with Crippen LogP contribution in [0.25, 0.3) is 0 Å². The molecule has 0 saturated carbocycles. The largest absolute Gasteiger partial charge is 0.416 e. The molecule has 0 aromatic heterocycles. The van der Waals surface area contributed by atoms with E-state index in [4.69, 9.17) is 0 Å². The van der Waals surface area contributed by atoms with Crippen molar-refractivity contribution in [1.29, 1.82) is 5.26 Å². The molecule has 0 fully saturated rings. The molecule has 0 bridgehead atoms. The molecule has 3 nitrogen and oxygen atoms in total. The molecule has 0 N–H and O–H groups in total. The molecule has 0 unspecified atom stereocenters. The van der Waals surface area contributed by atoms with Crippen LogP contribution in [0.5, 0.6) is 0 Å². The Hall–Kier alpha value is -3.59. The molecule has 5 rings (SSSR count). The zero-order valence-electron chi connectivity index (χ0n) is 14.9. The number of alkyl halides is 3. The van der Waals surface area contributed by atoms with E-state index >= 15 is 0 Å². The van der Waals surface area contributed by atoms with Crippen molar-refractivity contribution in [3.63, 3.8) is 0 Å². The third-order valence-corrected chi connectivity index (χ3v) is 5.81. The van der Waals surface area contributed by atoms with Crippen LogP contribution in [0.3, 0.4) is 0 Å². The van der Waals surface area contributed by atoms with Gasteiger partial charge in [-0.3, -0.25) is 9.69 Å². The second kappa shape index (κ2) is 5.71. The van der Waals surface area contributed by atoms with Gasteiger partial charge in [-0.2, -0.15) is 18.4 Å². The number of hydrogen-bond donors (Lipinski definition) is 0. The minimum absolute atomic E-state index is 0.259. The zero-order valence-corrected chi connectivity index (χ0v) is 14.9. The molecule has 0 aliphatic carbocycles. The first-order chi connectivity index (χ1) is 13.9. The molecule has 0 radical (unpaired) electrons. The van der Waals surface area contributed by atoms with Crippen LogP contribution >= 0.6 is 0 Å². The maximum absolute atomic E-state index is 13.3. The molecule has 1 amide bonds. The highest BCUT2D eigenvalue weighted by Gasteiger charge is 2.61. The summed E-state index contributed by atoms with van der Waals surface area (Å²) in [5.74, 6) is -1.01. The molecule has 2 aliphatic heterocycles. The van der Waals surface area contributed by atoms with Crippen molar-refractivity contribution in [3.8, 4) is 6.07 Å². The molecule has 0 saturated heterocycles. The van der Waals surface area contributed by atoms with Crippen molar-refractivity contribution in [2.75, 3.05) is 4.90 Å². The van der Waals surface area contributed by atoms with Crippen LogP contribution in [0.4, 0.5) is 18.9 Å². The van der Waals surface area contributed by atoms with E-state index in [0.717, 1.165) is 12.1 Å². The van der Waals surface area contributed by atoms with Crippen molar-refractivity contribution >= 4 is 11.6 Å². The fourth-order valence-electron chi connectivity index (χ4n) is 4.67. The monoisotopic (exact) mass is 390 g/mol. The van der Waals surface area contributed by atoms with Crippen LogP contribution in [0.15, 0.2) is 72.8 Å². The predicted octanol–water partition coefficient (Wildman–Crippen LogP) is 5.23. The lowest BCUT2D eigenvalue weighted by molar-refractivity contribution is -0.137. The number of carbonyl (C=O) groups excluding carboxylic acids is 1. The number of amides is 1. The summed E-state index contributed by atoms with van der Waals surface area (Å²) in [4.78, 5) is 14.9. The minimum Gasteiger partial charge on any atom is -0.292 e. The maximum atomic E-state index is 13.3. The van der Waals surface area contributed by atoms with E-state index in [1.165, 1.54) is 12.1 Å². The summed E-state index contributed by atoms with van der Waals surface area (Å²) in [6, 6.07) is 21.2. The van der Waals surface area contributed by atoms with E-state index in [-0.39, 0.29) is 5.91 Å². The third kappa shape index (κ3) is 2.10. The Morgan fingerprint density at radius 3 is 2.28 bits per heavy atom. The van der Waals surface area contributed by atoms with Crippen molar-refractivity contribution in [2.45, 2.75) is 17.6 Å². The lowest BCUT2D eigenvalue weighted by Gasteiger charge is -2.36. The van der Waals surface area contributed by atoms with Gasteiger partial charge in [0.25, 0.3) is 5.91 Å². The van der Waals surface area contributed by atoms with Gasteiger partial charge in [0.15, 0.2) is 0 Å². The number of para-hydroxylation sites is 1. The Morgan fingerprint density at radius 1 is 0.931 bits per heavy atom. The number of carbonyl (C=O) groups is 1. The highest BCUT2D eigenvalue weighted by Crippen LogP contribution is 2.60. The fraction of sp³-hybridized carbons (Fsp3) is 0.130. The van der Waals surface area contributed by atoms with E-state index < -0.39 is 23.2 Å². The molecule has 2 atom stereocenters. The molecule has 2 heterocycles. The first kappa shape index (κ1) is 17.5. The van der Waals surface area contributed by atoms with Crippen LogP contribution in [0, 0.1) is 11.3 Å². The van der Waals surface area contributed by atoms with Gasteiger partial charge in [-0.1, -0.05) is 48.5 Å². The quantitative estimate of drug-likeness (QED) is 0.571. The number of anilines is 1. The summed E-state index contributed by atoms with van der Waals surface area (Å²) in [7, 11) is 0. The minimum atomic E-state index is -4.47. The Balaban J connectivity index is 1.84. The number of benzene rings is 3. The summed E-state index contributed by atoms with van der Waals surface area (Å²) in [5.41, 5.74) is 0.904. The fourth-order valence-corrected chi connectivity index (χ4v) is 4.67. The average molecular weight is 390 g/mol. The summed E-state index contributed by atoms with van der Waals surface area (Å²) in [5, 5.41) is 10.1. The van der Waals surface area contributed by atoms with Crippen LogP contribution in [0.2, 0.25) is 0 Å². The van der Waals surface area contributed by atoms with Gasteiger partial charge in [-0.05, 0) is 41.0 Å². The average Bonchev–Trinajstić information content (AvgIpc) is 3.17. The van der Waals surface area contributed by atoms with E-state index in [2.05, 4.69) is 6.07 Å². The predicted molar refractivity (Wildman–Crippen MR) is 100 cm³/mol. The molecular formula is C23H13F3N2O. The van der Waals surface area contributed by atoms with E-state index in [9.17, 15) is 23.2 Å². The number of nitriles is 1. The van der Waals surface area contributed by atoms with Gasteiger partial charge in [0, 0.05) is 5.56 Å². The van der Waals surface area contributed by atoms with Crippen LogP contribution < -0.4 is 4.90 Å². The van der Waals surface area contributed by atoms with Gasteiger partial charge in [0.05, 0.1) is 17.3 Å². The van der Waals surface area contributed by atoms with Crippen molar-refractivity contribution in [3.05, 3.63) is 101 Å². The first-order valence-electron chi connectivity index (χ1n) is 9.01. The molecule has 3 aromatic carbocycles. The summed E-state index contributed by atoms with van der Waals surface area (Å²) >= 11 is 0. The standard InChI is InChI=1S/C23H13F3N2O/c24-23(25,26)15-11-9-14(10-12-15)22-18-7-3-1-6-17(18)21(29)28(22)20-8-4-2-5-16(20)19(22)13-27/h1-12,19H/t19-,22-/m0/s1. The maximum Gasteiger partial charge on any atom is 0.416 e. The van der Waals surface area contributed by atoms with Crippen molar-refractivity contribution in [2.24, 2.45) is 0 Å². The van der Waals surface area contributed by atoms with Gasteiger partial charge < -0.3 is 0 Å². The molecule has 0 spiro atoms. The van der Waals surface area contributed by atoms with Gasteiger partial charge in [0.1, 0.15) is 11.5 Å². The SMILES string of the molecule is N#C[C@H]1c2ccccc2N2C(=O)c3ccccc3[C@@]12c1ccc(C(F)(F)F)cc1. The van der Waals surface area contributed by atoms with Gasteiger partial charge in [-0.15, -0.1) is 0 Å². The van der Waals surface area contributed by atoms with Crippen molar-refractivity contribution < 1.29 is 18.0 Å². The Kier molecular flexibility index (Phi) is 3.45. The van der Waals surface area contributed by atoms with Gasteiger partial charge in [-0.25, -0.2) is 0 Å². The second-order valence-electron chi connectivity index (χ2n) is 7.15. The number of halogens is 3. The second-order valence-corrected chi connectivity index (χ2v) is 7.15. The number of fused-ring (bicyclic) bond motifs is 5. The normalized spacial score (nSPS) is 22.1. The lowest BCUT2D eigenvalue weighted by Crippen LogP contribution is -2.44. The van der Waals surface area contributed by atoms with E-state index in [1.54, 1.807) is 53.4 Å². The topological polar surface area (TPSA) is 44.1 Å². The smallest absolute Gasteiger partial charge is 0.292 e. The van der Waals surface area contributed by atoms with E-state index in [1.807, 2.05) is 0 Å². The highest BCUT2D eigenvalue weighted by atomic mass is 19.4. The molecule has 29 heavy (non-hydrogen) atoms. The highest BCUT2D eigenvalue weighted by molar-refractivity contribution is 6.15. The van der Waals surface area contributed by atoms with Gasteiger partial charge in [0.2, 0.25) is 0 Å². The third-order valence-electron chi connectivity index (χ3n) is 5.81. The van der Waals surface area contributed by atoms with E-state index in [0.29, 0.717) is 27.9 Å². The Labute approximate surface area is 164 Å². The zero-order chi connectivity index (χ0) is 20.4. The summed E-state index contributed by atoms with van der Waals surface area (Å²) in [6.07, 6.45) is -4.47. The summed E-state index contributed by atoms with van der Waals surface area (Å²) < 4.78 is 39.3. The molecular weight excluding hydrogens is 377 g/mol. The first-order valence-corrected chi connectivity index (χ1v) is 9.01.